The molecule has 3 nitrogen and oxygen atoms in total. The summed E-state index contributed by atoms with van der Waals surface area (Å²) in [6.45, 7) is 10.6. The summed E-state index contributed by atoms with van der Waals surface area (Å²) in [6.07, 6.45) is 8.43. The smallest absolute Gasteiger partial charge is 0.131 e. The third-order valence-electron chi connectivity index (χ3n) is 5.42. The van der Waals surface area contributed by atoms with Gasteiger partial charge in [-0.1, -0.05) is 32.6 Å². The molecule has 2 N–H and O–H groups in total. The number of rotatable bonds is 5. The van der Waals surface area contributed by atoms with Crippen molar-refractivity contribution in [2.75, 3.05) is 27.7 Å². The molecule has 0 saturated carbocycles. The summed E-state index contributed by atoms with van der Waals surface area (Å²) in [5, 5.41) is 7.08. The van der Waals surface area contributed by atoms with Gasteiger partial charge >= 0.3 is 0 Å². The molecule has 5 heteroatoms. The molecule has 1 unspecified atom stereocenters. The summed E-state index contributed by atoms with van der Waals surface area (Å²) < 4.78 is 29.6. The first-order valence-electron chi connectivity index (χ1n) is 11.1. The van der Waals surface area contributed by atoms with Crippen molar-refractivity contribution in [2.45, 2.75) is 33.1 Å². The lowest BCUT2D eigenvalue weighted by atomic mass is 9.90. The molecule has 0 spiro atoms. The van der Waals surface area contributed by atoms with E-state index in [1.165, 1.54) is 6.07 Å². The average Bonchev–Trinajstić information content (AvgIpc) is 2.78. The maximum Gasteiger partial charge on any atom is 0.131 e. The van der Waals surface area contributed by atoms with Gasteiger partial charge in [-0.3, -0.25) is 0 Å². The van der Waals surface area contributed by atoms with Crippen LogP contribution in [0.15, 0.2) is 36.5 Å². The molecule has 0 fully saturated rings. The minimum atomic E-state index is -0.396. The fraction of sp³-hybridized carbons (Fsp3) is 0.333. The molecule has 2 aromatic carbocycles. The van der Waals surface area contributed by atoms with E-state index in [2.05, 4.69) is 23.3 Å². The van der Waals surface area contributed by atoms with Crippen molar-refractivity contribution in [3.63, 3.8) is 0 Å². The van der Waals surface area contributed by atoms with Crippen molar-refractivity contribution < 1.29 is 10.2 Å². The third-order valence-corrected chi connectivity index (χ3v) is 5.42. The van der Waals surface area contributed by atoms with Crippen LogP contribution in [0.1, 0.15) is 49.9 Å². The average molecular weight is 442 g/mol. The van der Waals surface area contributed by atoms with Crippen molar-refractivity contribution in [1.82, 2.24) is 15.5 Å². The lowest BCUT2D eigenvalue weighted by Gasteiger charge is -2.21. The Bertz CT molecular complexity index is 1080. The standard InChI is InChI=1S/C25H29F2N3.C2H6.H2/c1-16-10-19(18-6-8-29-9-7-18)12-24(27)22(16)14-25(30(4)5)20-11-21(15-28-3)17(2)23(26)13-20;1-2;/h6,8,10-15,18,28-29H,2,7,9H2,1,3-5H3;1-2H3;1H/b21-15-,25-14-;;. The highest BCUT2D eigenvalue weighted by Gasteiger charge is 2.16. The van der Waals surface area contributed by atoms with Crippen LogP contribution in [0.25, 0.3) is 24.6 Å². The molecular weight excluding hydrogens is 404 g/mol. The number of benzene rings is 2. The van der Waals surface area contributed by atoms with E-state index in [0.29, 0.717) is 21.6 Å². The van der Waals surface area contributed by atoms with E-state index < -0.39 is 5.82 Å². The van der Waals surface area contributed by atoms with Crippen LogP contribution >= 0.6 is 0 Å². The van der Waals surface area contributed by atoms with E-state index in [0.717, 1.165) is 29.8 Å². The fourth-order valence-electron chi connectivity index (χ4n) is 3.76. The van der Waals surface area contributed by atoms with Crippen LogP contribution in [-0.2, 0) is 0 Å². The van der Waals surface area contributed by atoms with Gasteiger partial charge in [-0.2, -0.15) is 0 Å². The topological polar surface area (TPSA) is 27.3 Å². The van der Waals surface area contributed by atoms with Gasteiger partial charge < -0.3 is 15.5 Å². The van der Waals surface area contributed by atoms with E-state index in [9.17, 15) is 4.39 Å². The van der Waals surface area contributed by atoms with Gasteiger partial charge in [-0.25, -0.2) is 8.78 Å². The molecule has 2 aromatic rings. The number of halogens is 2. The number of hydrogen-bond acceptors (Lipinski definition) is 3. The Morgan fingerprint density at radius 1 is 1.19 bits per heavy atom. The largest absolute Gasteiger partial charge is 0.393 e. The number of nitrogens with zero attached hydrogens (tertiary/aromatic N) is 1. The Kier molecular flexibility index (Phi) is 9.06. The van der Waals surface area contributed by atoms with Gasteiger partial charge in [0.15, 0.2) is 0 Å². The second kappa shape index (κ2) is 11.5. The second-order valence-electron chi connectivity index (χ2n) is 7.82. The summed E-state index contributed by atoms with van der Waals surface area (Å²) >= 11 is 0. The van der Waals surface area contributed by atoms with Crippen molar-refractivity contribution in [3.8, 4) is 0 Å². The van der Waals surface area contributed by atoms with Gasteiger partial charge in [0.1, 0.15) is 11.6 Å². The zero-order valence-corrected chi connectivity index (χ0v) is 20.0. The van der Waals surface area contributed by atoms with Crippen LogP contribution in [0, 0.1) is 18.6 Å². The maximum absolute atomic E-state index is 15.1. The zero-order valence-electron chi connectivity index (χ0n) is 20.0. The lowest BCUT2D eigenvalue weighted by molar-refractivity contribution is 0.588. The minimum Gasteiger partial charge on any atom is -0.393 e. The van der Waals surface area contributed by atoms with Crippen molar-refractivity contribution in [3.05, 3.63) is 80.9 Å². The Morgan fingerprint density at radius 2 is 1.91 bits per heavy atom. The SMILES string of the molecule is C=c1c(F)cc(/C(=C/c2c(C)cc(C3C=CNCC3)cc2F)N(C)C)c/c1=C/NC.CC.[HH]. The van der Waals surface area contributed by atoms with E-state index in [-0.39, 0.29) is 13.2 Å². The number of nitrogens with one attached hydrogen (secondary N) is 2. The van der Waals surface area contributed by atoms with E-state index >= 15 is 4.39 Å². The molecule has 0 aliphatic carbocycles. The molecule has 0 aromatic heterocycles. The highest BCUT2D eigenvalue weighted by Crippen LogP contribution is 2.29. The highest BCUT2D eigenvalue weighted by atomic mass is 19.1. The van der Waals surface area contributed by atoms with Gasteiger partial charge in [0.25, 0.3) is 0 Å². The van der Waals surface area contributed by atoms with Crippen molar-refractivity contribution in [2.24, 2.45) is 0 Å². The van der Waals surface area contributed by atoms with E-state index in [1.807, 2.05) is 58.1 Å². The van der Waals surface area contributed by atoms with Gasteiger partial charge in [-0.15, -0.1) is 0 Å². The summed E-state index contributed by atoms with van der Waals surface area (Å²) in [5.41, 5.74) is 3.72. The van der Waals surface area contributed by atoms with Crippen LogP contribution in [0.3, 0.4) is 0 Å². The normalized spacial score (nSPS) is 16.2. The predicted octanol–water partition coefficient (Wildman–Crippen LogP) is 4.56. The third kappa shape index (κ3) is 5.78. The van der Waals surface area contributed by atoms with Gasteiger partial charge in [0.05, 0.1) is 0 Å². The second-order valence-corrected chi connectivity index (χ2v) is 7.82. The molecule has 1 heterocycles. The highest BCUT2D eigenvalue weighted by molar-refractivity contribution is 5.81. The van der Waals surface area contributed by atoms with E-state index in [4.69, 9.17) is 0 Å². The van der Waals surface area contributed by atoms with Crippen LogP contribution in [0.4, 0.5) is 8.78 Å². The first-order chi connectivity index (χ1) is 15.3. The summed E-state index contributed by atoms with van der Waals surface area (Å²) in [4.78, 5) is 1.86. The van der Waals surface area contributed by atoms with Crippen LogP contribution in [0.5, 0.6) is 0 Å². The molecular formula is C27H37F2N3. The van der Waals surface area contributed by atoms with E-state index in [1.54, 1.807) is 25.4 Å². The Labute approximate surface area is 192 Å². The Balaban J connectivity index is 0.00000177. The van der Waals surface area contributed by atoms with Gasteiger partial charge in [-0.05, 0) is 54.9 Å². The minimum absolute atomic E-state index is 0. The quantitative estimate of drug-likeness (QED) is 0.666. The first-order valence-corrected chi connectivity index (χ1v) is 11.1. The molecule has 174 valence electrons. The van der Waals surface area contributed by atoms with Crippen molar-refractivity contribution in [1.29, 1.82) is 0 Å². The monoisotopic (exact) mass is 441 g/mol. The molecule has 3 rings (SSSR count). The molecule has 32 heavy (non-hydrogen) atoms. The fourth-order valence-corrected chi connectivity index (χ4v) is 3.76. The summed E-state index contributed by atoms with van der Waals surface area (Å²) in [6, 6.07) is 6.96. The van der Waals surface area contributed by atoms with Crippen LogP contribution in [-0.4, -0.2) is 32.6 Å². The molecule has 0 radical (unpaired) electrons. The van der Waals surface area contributed by atoms with Crippen LogP contribution in [0.2, 0.25) is 0 Å². The summed E-state index contributed by atoms with van der Waals surface area (Å²) in [5.74, 6) is -0.455. The number of aryl methyl sites for hydroxylation is 1. The molecule has 1 aliphatic heterocycles. The number of allylic oxidation sites excluding steroid dienone is 1. The molecule has 1 atom stereocenters. The molecule has 0 saturated heterocycles. The maximum atomic E-state index is 15.1. The summed E-state index contributed by atoms with van der Waals surface area (Å²) in [7, 11) is 5.49. The molecule has 0 amide bonds. The Morgan fingerprint density at radius 3 is 2.47 bits per heavy atom. The molecule has 0 bridgehead atoms. The lowest BCUT2D eigenvalue weighted by Crippen LogP contribution is -2.29. The van der Waals surface area contributed by atoms with Crippen LogP contribution < -0.4 is 21.1 Å². The van der Waals surface area contributed by atoms with Gasteiger partial charge in [0, 0.05) is 68.5 Å². The molecule has 1 aliphatic rings. The zero-order chi connectivity index (χ0) is 23.8. The van der Waals surface area contributed by atoms with Crippen molar-refractivity contribution >= 4 is 24.6 Å². The van der Waals surface area contributed by atoms with Gasteiger partial charge in [0.2, 0.25) is 0 Å². The Hall–Kier alpha value is -3.08. The predicted molar refractivity (Wildman–Crippen MR) is 135 cm³/mol. The number of hydrogen-bond donors (Lipinski definition) is 2. The first kappa shape index (κ1) is 25.2.